The lowest BCUT2D eigenvalue weighted by Crippen LogP contribution is -2.51. The van der Waals surface area contributed by atoms with Gasteiger partial charge < -0.3 is 19.1 Å². The number of piperazine rings is 1. The molecule has 1 saturated heterocycles. The van der Waals surface area contributed by atoms with Crippen LogP contribution in [0.5, 0.6) is 0 Å². The number of nitrogens with zero attached hydrogens (tertiary/aromatic N) is 3. The second-order valence-electron chi connectivity index (χ2n) is 7.70. The van der Waals surface area contributed by atoms with Gasteiger partial charge in [0.25, 0.3) is 5.91 Å². The minimum Gasteiger partial charge on any atom is -0.444 e. The minimum atomic E-state index is -0.548. The molecule has 0 N–H and O–H groups in total. The summed E-state index contributed by atoms with van der Waals surface area (Å²) in [6.45, 7) is 8.83. The maximum Gasteiger partial charge on any atom is 0.410 e. The highest BCUT2D eigenvalue weighted by Gasteiger charge is 2.31. The average molecular weight is 406 g/mol. The van der Waals surface area contributed by atoms with Gasteiger partial charge in [0.2, 0.25) is 0 Å². The fourth-order valence-corrected chi connectivity index (χ4v) is 3.26. The first-order chi connectivity index (χ1) is 13.2. The summed E-state index contributed by atoms with van der Waals surface area (Å²) < 4.78 is 10.7. The Morgan fingerprint density at radius 2 is 1.71 bits per heavy atom. The maximum atomic E-state index is 13.1. The van der Waals surface area contributed by atoms with Crippen LogP contribution < -0.4 is 0 Å². The number of aromatic nitrogens is 1. The number of carbonyl (C=O) groups is 2. The standard InChI is InChI=1S/C20H24ClN3O4/c1-13-16(17(22-28-13)14-7-5-6-8-15(14)21)18(25)23-9-11-24(12-10-23)19(26)27-20(2,3)4/h5-8H,9-12H2,1-4H3. The van der Waals surface area contributed by atoms with Crippen molar-refractivity contribution in [1.82, 2.24) is 15.0 Å². The molecular weight excluding hydrogens is 382 g/mol. The van der Waals surface area contributed by atoms with Crippen LogP contribution in [0.3, 0.4) is 0 Å². The molecule has 150 valence electrons. The Morgan fingerprint density at radius 1 is 1.11 bits per heavy atom. The molecule has 0 atom stereocenters. The van der Waals surface area contributed by atoms with Gasteiger partial charge in [-0.05, 0) is 33.8 Å². The van der Waals surface area contributed by atoms with Gasteiger partial charge in [0.15, 0.2) is 0 Å². The van der Waals surface area contributed by atoms with E-state index in [0.29, 0.717) is 53.8 Å². The Balaban J connectivity index is 1.74. The van der Waals surface area contributed by atoms with E-state index in [1.807, 2.05) is 32.9 Å². The molecule has 0 bridgehead atoms. The summed E-state index contributed by atoms with van der Waals surface area (Å²) in [7, 11) is 0. The van der Waals surface area contributed by atoms with Crippen LogP contribution in [0.1, 0.15) is 36.9 Å². The van der Waals surface area contributed by atoms with Crippen LogP contribution in [0.25, 0.3) is 11.3 Å². The van der Waals surface area contributed by atoms with E-state index in [2.05, 4.69) is 5.16 Å². The molecule has 1 fully saturated rings. The maximum absolute atomic E-state index is 13.1. The molecule has 0 radical (unpaired) electrons. The normalized spacial score (nSPS) is 14.9. The fraction of sp³-hybridized carbons (Fsp3) is 0.450. The molecule has 0 aliphatic carbocycles. The summed E-state index contributed by atoms with van der Waals surface area (Å²) in [5, 5.41) is 4.55. The minimum absolute atomic E-state index is 0.183. The van der Waals surface area contributed by atoms with Crippen molar-refractivity contribution < 1.29 is 18.8 Å². The van der Waals surface area contributed by atoms with Crippen LogP contribution in [-0.4, -0.2) is 58.7 Å². The molecule has 0 spiro atoms. The Labute approximate surface area is 169 Å². The first-order valence-electron chi connectivity index (χ1n) is 9.16. The number of amides is 2. The highest BCUT2D eigenvalue weighted by Crippen LogP contribution is 2.32. The zero-order valence-corrected chi connectivity index (χ0v) is 17.2. The van der Waals surface area contributed by atoms with E-state index < -0.39 is 5.60 Å². The van der Waals surface area contributed by atoms with Crippen molar-refractivity contribution in [3.63, 3.8) is 0 Å². The lowest BCUT2D eigenvalue weighted by Gasteiger charge is -2.35. The van der Waals surface area contributed by atoms with Crippen LogP contribution in [0, 0.1) is 6.92 Å². The molecule has 2 heterocycles. The van der Waals surface area contributed by atoms with Gasteiger partial charge in [-0.2, -0.15) is 0 Å². The van der Waals surface area contributed by atoms with Crippen molar-refractivity contribution in [3.05, 3.63) is 40.6 Å². The molecule has 1 aliphatic heterocycles. The monoisotopic (exact) mass is 405 g/mol. The van der Waals surface area contributed by atoms with Crippen LogP contribution in [0.4, 0.5) is 4.79 Å². The summed E-state index contributed by atoms with van der Waals surface area (Å²) >= 11 is 6.27. The Morgan fingerprint density at radius 3 is 2.32 bits per heavy atom. The largest absolute Gasteiger partial charge is 0.444 e. The Bertz CT molecular complexity index is 880. The first kappa shape index (κ1) is 20.2. The summed E-state index contributed by atoms with van der Waals surface area (Å²) in [5.74, 6) is 0.256. The smallest absolute Gasteiger partial charge is 0.410 e. The number of benzene rings is 1. The number of carbonyl (C=O) groups excluding carboxylic acids is 2. The van der Waals surface area contributed by atoms with Crippen LogP contribution in [-0.2, 0) is 4.74 Å². The van der Waals surface area contributed by atoms with Gasteiger partial charge in [0.1, 0.15) is 22.6 Å². The van der Waals surface area contributed by atoms with Crippen LogP contribution >= 0.6 is 11.6 Å². The molecule has 0 unspecified atom stereocenters. The van der Waals surface area contributed by atoms with Crippen LogP contribution in [0.2, 0.25) is 5.02 Å². The molecule has 28 heavy (non-hydrogen) atoms. The number of halogens is 1. The van der Waals surface area contributed by atoms with Crippen molar-refractivity contribution in [2.45, 2.75) is 33.3 Å². The van der Waals surface area contributed by atoms with Gasteiger partial charge in [0.05, 0.1) is 5.02 Å². The molecule has 1 aliphatic rings. The van der Waals surface area contributed by atoms with Gasteiger partial charge >= 0.3 is 6.09 Å². The molecule has 0 saturated carbocycles. The average Bonchev–Trinajstić information content (AvgIpc) is 3.01. The Hall–Kier alpha value is -2.54. The van der Waals surface area contributed by atoms with Gasteiger partial charge in [0, 0.05) is 31.7 Å². The summed E-state index contributed by atoms with van der Waals surface area (Å²) in [5.41, 5.74) is 0.936. The molecule has 1 aromatic carbocycles. The van der Waals surface area contributed by atoms with Gasteiger partial charge in [-0.1, -0.05) is 35.0 Å². The summed E-state index contributed by atoms with van der Waals surface area (Å²) in [6.07, 6.45) is -0.363. The second-order valence-corrected chi connectivity index (χ2v) is 8.11. The zero-order valence-electron chi connectivity index (χ0n) is 16.5. The second kappa shape index (κ2) is 7.83. The first-order valence-corrected chi connectivity index (χ1v) is 9.53. The van der Waals surface area contributed by atoms with Crippen molar-refractivity contribution in [2.24, 2.45) is 0 Å². The third-order valence-corrected chi connectivity index (χ3v) is 4.75. The van der Waals surface area contributed by atoms with Gasteiger partial charge in [-0.3, -0.25) is 4.79 Å². The van der Waals surface area contributed by atoms with Crippen molar-refractivity contribution in [2.75, 3.05) is 26.2 Å². The molecule has 3 rings (SSSR count). The van der Waals surface area contributed by atoms with Crippen LogP contribution in [0.15, 0.2) is 28.8 Å². The van der Waals surface area contributed by atoms with Crippen molar-refractivity contribution in [1.29, 1.82) is 0 Å². The summed E-state index contributed by atoms with van der Waals surface area (Å²) in [4.78, 5) is 28.7. The molecule has 1 aromatic heterocycles. The van der Waals surface area contributed by atoms with E-state index in [0.717, 1.165) is 0 Å². The Kier molecular flexibility index (Phi) is 5.65. The molecule has 7 nitrogen and oxygen atoms in total. The van der Waals surface area contributed by atoms with E-state index in [1.54, 1.807) is 28.9 Å². The number of ether oxygens (including phenoxy) is 1. The SMILES string of the molecule is Cc1onc(-c2ccccc2Cl)c1C(=O)N1CCN(C(=O)OC(C)(C)C)CC1. The van der Waals surface area contributed by atoms with Crippen molar-refractivity contribution in [3.8, 4) is 11.3 Å². The molecule has 2 aromatic rings. The fourth-order valence-electron chi connectivity index (χ4n) is 3.04. The number of rotatable bonds is 2. The highest BCUT2D eigenvalue weighted by molar-refractivity contribution is 6.33. The third-order valence-electron chi connectivity index (χ3n) is 4.42. The van der Waals surface area contributed by atoms with E-state index >= 15 is 0 Å². The van der Waals surface area contributed by atoms with E-state index in [4.69, 9.17) is 20.9 Å². The predicted octanol–water partition coefficient (Wildman–Crippen LogP) is 4.00. The van der Waals surface area contributed by atoms with E-state index in [-0.39, 0.29) is 12.0 Å². The highest BCUT2D eigenvalue weighted by atomic mass is 35.5. The number of aryl methyl sites for hydroxylation is 1. The lowest BCUT2D eigenvalue weighted by atomic mass is 10.0. The lowest BCUT2D eigenvalue weighted by molar-refractivity contribution is 0.0140. The molecule has 2 amide bonds. The van der Waals surface area contributed by atoms with Gasteiger partial charge in [-0.25, -0.2) is 4.79 Å². The number of hydrogen-bond donors (Lipinski definition) is 0. The quantitative estimate of drug-likeness (QED) is 0.754. The molecule has 8 heteroatoms. The van der Waals surface area contributed by atoms with E-state index in [1.165, 1.54) is 0 Å². The predicted molar refractivity (Wildman–Crippen MR) is 105 cm³/mol. The van der Waals surface area contributed by atoms with Crippen molar-refractivity contribution >= 4 is 23.6 Å². The topological polar surface area (TPSA) is 75.9 Å². The summed E-state index contributed by atoms with van der Waals surface area (Å²) in [6, 6.07) is 7.20. The van der Waals surface area contributed by atoms with Gasteiger partial charge in [-0.15, -0.1) is 0 Å². The zero-order chi connectivity index (χ0) is 20.5. The molecular formula is C20H24ClN3O4. The third kappa shape index (κ3) is 4.30. The number of hydrogen-bond acceptors (Lipinski definition) is 5. The van der Waals surface area contributed by atoms with E-state index in [9.17, 15) is 9.59 Å².